The highest BCUT2D eigenvalue weighted by molar-refractivity contribution is 9.10. The van der Waals surface area contributed by atoms with Crippen molar-refractivity contribution in [1.82, 2.24) is 4.90 Å². The molecule has 0 bridgehead atoms. The highest BCUT2D eigenvalue weighted by atomic mass is 79.9. The number of ether oxygens (including phenoxy) is 3. The molecule has 0 heterocycles. The lowest BCUT2D eigenvalue weighted by Crippen LogP contribution is -2.34. The second kappa shape index (κ2) is 10.4. The molecular weight excluding hydrogens is 412 g/mol. The van der Waals surface area contributed by atoms with E-state index in [2.05, 4.69) is 15.9 Å². The standard InChI is InChI=1S/C20H21BrN2O4/c1-3-25-19-12-15(13-22)4-9-18(19)27-14-20(24)23(2)10-11-26-17-7-5-16(21)6-8-17/h4-9,12H,3,10-11,14H2,1-2H3. The van der Waals surface area contributed by atoms with E-state index in [1.165, 1.54) is 0 Å². The van der Waals surface area contributed by atoms with Gasteiger partial charge in [0.05, 0.1) is 24.8 Å². The topological polar surface area (TPSA) is 71.8 Å². The van der Waals surface area contributed by atoms with Crippen LogP contribution in [0.3, 0.4) is 0 Å². The third kappa shape index (κ3) is 6.50. The van der Waals surface area contributed by atoms with Gasteiger partial charge in [-0.25, -0.2) is 0 Å². The fraction of sp³-hybridized carbons (Fsp3) is 0.300. The molecule has 2 rings (SSSR count). The van der Waals surface area contributed by atoms with Gasteiger partial charge < -0.3 is 19.1 Å². The minimum absolute atomic E-state index is 0.124. The van der Waals surface area contributed by atoms with Gasteiger partial charge in [-0.15, -0.1) is 0 Å². The van der Waals surface area contributed by atoms with Gasteiger partial charge in [0.25, 0.3) is 5.91 Å². The zero-order chi connectivity index (χ0) is 19.6. The van der Waals surface area contributed by atoms with Crippen molar-refractivity contribution in [3.05, 3.63) is 52.5 Å². The van der Waals surface area contributed by atoms with Crippen LogP contribution in [0, 0.1) is 11.3 Å². The molecule has 0 aliphatic carbocycles. The number of hydrogen-bond donors (Lipinski definition) is 0. The number of rotatable bonds is 9. The fourth-order valence-electron chi connectivity index (χ4n) is 2.17. The average Bonchev–Trinajstić information content (AvgIpc) is 2.68. The summed E-state index contributed by atoms with van der Waals surface area (Å²) in [6, 6.07) is 14.4. The normalized spacial score (nSPS) is 10.0. The number of halogens is 1. The molecule has 0 unspecified atom stereocenters. The Labute approximate surface area is 167 Å². The molecule has 0 radical (unpaired) electrons. The van der Waals surface area contributed by atoms with E-state index in [1.807, 2.05) is 37.3 Å². The first-order valence-electron chi connectivity index (χ1n) is 8.45. The number of carbonyl (C=O) groups excluding carboxylic acids is 1. The molecule has 7 heteroatoms. The average molecular weight is 433 g/mol. The molecule has 0 aliphatic heterocycles. The lowest BCUT2D eigenvalue weighted by atomic mass is 10.2. The molecule has 142 valence electrons. The summed E-state index contributed by atoms with van der Waals surface area (Å²) >= 11 is 3.37. The largest absolute Gasteiger partial charge is 0.492 e. The fourth-order valence-corrected chi connectivity index (χ4v) is 2.44. The van der Waals surface area contributed by atoms with Crippen molar-refractivity contribution in [2.24, 2.45) is 0 Å². The van der Waals surface area contributed by atoms with Gasteiger partial charge in [0.2, 0.25) is 0 Å². The van der Waals surface area contributed by atoms with Crippen molar-refractivity contribution in [2.45, 2.75) is 6.92 Å². The van der Waals surface area contributed by atoms with Crippen molar-refractivity contribution in [1.29, 1.82) is 5.26 Å². The predicted molar refractivity (Wildman–Crippen MR) is 105 cm³/mol. The predicted octanol–water partition coefficient (Wildman–Crippen LogP) is 3.64. The summed E-state index contributed by atoms with van der Waals surface area (Å²) in [7, 11) is 1.69. The second-order valence-electron chi connectivity index (χ2n) is 5.61. The Morgan fingerprint density at radius 1 is 1.11 bits per heavy atom. The first kappa shape index (κ1) is 20.6. The molecule has 6 nitrogen and oxygen atoms in total. The van der Waals surface area contributed by atoms with Crippen LogP contribution in [0.25, 0.3) is 0 Å². The van der Waals surface area contributed by atoms with Crippen LogP contribution in [0.15, 0.2) is 46.9 Å². The van der Waals surface area contributed by atoms with E-state index in [0.717, 1.165) is 10.2 Å². The number of nitrogens with zero attached hydrogens (tertiary/aromatic N) is 2. The molecule has 0 aromatic heterocycles. The van der Waals surface area contributed by atoms with Crippen LogP contribution in [0.5, 0.6) is 17.2 Å². The molecule has 0 fully saturated rings. The van der Waals surface area contributed by atoms with Crippen LogP contribution in [0.2, 0.25) is 0 Å². The summed E-state index contributed by atoms with van der Waals surface area (Å²) in [5.41, 5.74) is 0.472. The Hall–Kier alpha value is -2.72. The Kier molecular flexibility index (Phi) is 7.96. The van der Waals surface area contributed by atoms with Gasteiger partial charge in [-0.05, 0) is 43.3 Å². The zero-order valence-corrected chi connectivity index (χ0v) is 16.9. The Morgan fingerprint density at radius 2 is 1.85 bits per heavy atom. The number of carbonyl (C=O) groups is 1. The van der Waals surface area contributed by atoms with Crippen molar-refractivity contribution in [3.63, 3.8) is 0 Å². The molecule has 0 N–H and O–H groups in total. The molecule has 0 spiro atoms. The summed E-state index contributed by atoms with van der Waals surface area (Å²) in [6.45, 7) is 2.97. The van der Waals surface area contributed by atoms with Gasteiger partial charge in [0, 0.05) is 17.6 Å². The molecular formula is C20H21BrN2O4. The summed E-state index contributed by atoms with van der Waals surface area (Å²) in [5, 5.41) is 8.97. The van der Waals surface area contributed by atoms with Crippen molar-refractivity contribution < 1.29 is 19.0 Å². The maximum Gasteiger partial charge on any atom is 0.260 e. The van der Waals surface area contributed by atoms with Crippen LogP contribution < -0.4 is 14.2 Å². The Morgan fingerprint density at radius 3 is 2.52 bits per heavy atom. The third-order valence-corrected chi connectivity index (χ3v) is 4.19. The third-order valence-electron chi connectivity index (χ3n) is 3.66. The highest BCUT2D eigenvalue weighted by Gasteiger charge is 2.12. The minimum Gasteiger partial charge on any atom is -0.492 e. The molecule has 0 saturated carbocycles. The maximum atomic E-state index is 12.2. The first-order valence-corrected chi connectivity index (χ1v) is 9.25. The van der Waals surface area contributed by atoms with E-state index in [1.54, 1.807) is 30.1 Å². The van der Waals surface area contributed by atoms with E-state index in [-0.39, 0.29) is 12.5 Å². The molecule has 1 amide bonds. The quantitative estimate of drug-likeness (QED) is 0.604. The number of benzene rings is 2. The van der Waals surface area contributed by atoms with Crippen LogP contribution in [0.4, 0.5) is 0 Å². The lowest BCUT2D eigenvalue weighted by molar-refractivity contribution is -0.132. The van der Waals surface area contributed by atoms with E-state index in [0.29, 0.717) is 36.8 Å². The molecule has 27 heavy (non-hydrogen) atoms. The van der Waals surface area contributed by atoms with Gasteiger partial charge in [-0.1, -0.05) is 15.9 Å². The summed E-state index contributed by atoms with van der Waals surface area (Å²) in [6.07, 6.45) is 0. The summed E-state index contributed by atoms with van der Waals surface area (Å²) < 4.78 is 17.6. The summed E-state index contributed by atoms with van der Waals surface area (Å²) in [4.78, 5) is 13.8. The lowest BCUT2D eigenvalue weighted by Gasteiger charge is -2.18. The van der Waals surface area contributed by atoms with Crippen LogP contribution in [-0.2, 0) is 4.79 Å². The van der Waals surface area contributed by atoms with Crippen LogP contribution in [0.1, 0.15) is 12.5 Å². The smallest absolute Gasteiger partial charge is 0.260 e. The molecule has 0 saturated heterocycles. The van der Waals surface area contributed by atoms with Crippen molar-refractivity contribution >= 4 is 21.8 Å². The minimum atomic E-state index is -0.179. The van der Waals surface area contributed by atoms with Crippen LogP contribution in [-0.4, -0.2) is 44.2 Å². The Bertz CT molecular complexity index is 803. The number of amides is 1. The van der Waals surface area contributed by atoms with Gasteiger partial charge in [-0.3, -0.25) is 4.79 Å². The molecule has 2 aromatic rings. The zero-order valence-electron chi connectivity index (χ0n) is 15.3. The van der Waals surface area contributed by atoms with E-state index in [4.69, 9.17) is 19.5 Å². The van der Waals surface area contributed by atoms with Gasteiger partial charge in [0.1, 0.15) is 12.4 Å². The van der Waals surface area contributed by atoms with E-state index in [9.17, 15) is 4.79 Å². The van der Waals surface area contributed by atoms with Gasteiger partial charge >= 0.3 is 0 Å². The molecule has 2 aromatic carbocycles. The first-order chi connectivity index (χ1) is 13.0. The molecule has 0 aliphatic rings. The van der Waals surface area contributed by atoms with E-state index < -0.39 is 0 Å². The molecule has 0 atom stereocenters. The Balaban J connectivity index is 1.82. The maximum absolute atomic E-state index is 12.2. The second-order valence-corrected chi connectivity index (χ2v) is 6.53. The highest BCUT2D eigenvalue weighted by Crippen LogP contribution is 2.28. The van der Waals surface area contributed by atoms with Crippen molar-refractivity contribution in [2.75, 3.05) is 33.4 Å². The van der Waals surface area contributed by atoms with Gasteiger partial charge in [-0.2, -0.15) is 5.26 Å². The van der Waals surface area contributed by atoms with E-state index >= 15 is 0 Å². The van der Waals surface area contributed by atoms with Crippen molar-refractivity contribution in [3.8, 4) is 23.3 Å². The van der Waals surface area contributed by atoms with Gasteiger partial charge in [0.15, 0.2) is 18.1 Å². The summed E-state index contributed by atoms with van der Waals surface area (Å²) in [5.74, 6) is 1.45. The SMILES string of the molecule is CCOc1cc(C#N)ccc1OCC(=O)N(C)CCOc1ccc(Br)cc1. The van der Waals surface area contributed by atoms with Crippen LogP contribution >= 0.6 is 15.9 Å². The monoisotopic (exact) mass is 432 g/mol. The number of likely N-dealkylation sites (N-methyl/N-ethyl adjacent to an activating group) is 1. The number of hydrogen-bond acceptors (Lipinski definition) is 5. The number of nitriles is 1.